The smallest absolute Gasteiger partial charge is 0.277 e. The van der Waals surface area contributed by atoms with Crippen molar-refractivity contribution in [1.29, 1.82) is 0 Å². The molecule has 3 aromatic rings. The van der Waals surface area contributed by atoms with Crippen molar-refractivity contribution >= 4 is 17.3 Å². The highest BCUT2D eigenvalue weighted by molar-refractivity contribution is 6.31. The fourth-order valence-corrected chi connectivity index (χ4v) is 3.34. The van der Waals surface area contributed by atoms with Crippen LogP contribution in [0.4, 0.5) is 8.78 Å². The van der Waals surface area contributed by atoms with E-state index >= 15 is 0 Å². The molecule has 0 unspecified atom stereocenters. The summed E-state index contributed by atoms with van der Waals surface area (Å²) in [5, 5.41) is -0.161. The van der Waals surface area contributed by atoms with E-state index in [4.69, 9.17) is 16.3 Å². The van der Waals surface area contributed by atoms with Gasteiger partial charge in [0.05, 0.1) is 23.3 Å². The minimum Gasteiger partial charge on any atom is -0.485 e. The monoisotopic (exact) mass is 534 g/mol. The fraction of sp³-hybridized carbons (Fsp3) is 0.357. The van der Waals surface area contributed by atoms with Crippen molar-refractivity contribution in [3.63, 3.8) is 0 Å². The van der Waals surface area contributed by atoms with Crippen LogP contribution in [0, 0.1) is 25.5 Å². The highest BCUT2D eigenvalue weighted by Crippen LogP contribution is 2.26. The van der Waals surface area contributed by atoms with Crippen LogP contribution in [-0.2, 0) is 6.61 Å². The third-order valence-corrected chi connectivity index (χ3v) is 5.11. The van der Waals surface area contributed by atoms with E-state index in [1.165, 1.54) is 4.57 Å². The number of hydrogen-bond donors (Lipinski definition) is 0. The van der Waals surface area contributed by atoms with Crippen LogP contribution in [0.2, 0.25) is 5.02 Å². The van der Waals surface area contributed by atoms with E-state index in [2.05, 4.69) is 28.1 Å². The van der Waals surface area contributed by atoms with Gasteiger partial charge < -0.3 is 4.74 Å². The highest BCUT2D eigenvalue weighted by atomic mass is 35.5. The van der Waals surface area contributed by atoms with E-state index < -0.39 is 17.2 Å². The van der Waals surface area contributed by atoms with Gasteiger partial charge in [0.1, 0.15) is 28.9 Å². The maximum atomic E-state index is 13.8. The van der Waals surface area contributed by atoms with E-state index in [9.17, 15) is 13.6 Å². The predicted molar refractivity (Wildman–Crippen MR) is 150 cm³/mol. The molecule has 0 N–H and O–H groups in total. The van der Waals surface area contributed by atoms with E-state index in [0.29, 0.717) is 29.6 Å². The maximum absolute atomic E-state index is 13.8. The quantitative estimate of drug-likeness (QED) is 0.243. The van der Waals surface area contributed by atoms with Crippen molar-refractivity contribution in [1.82, 2.24) is 14.5 Å². The molecule has 0 aliphatic carbocycles. The second-order valence-electron chi connectivity index (χ2n) is 6.86. The van der Waals surface area contributed by atoms with E-state index in [-0.39, 0.29) is 23.1 Å². The average Bonchev–Trinajstić information content (AvgIpc) is 2.92. The molecule has 3 aromatic heterocycles. The number of aromatic nitrogens is 3. The standard InChI is InChI=1S/C22H21ClF2N4O2.2C2H6.C2H4/c1-5-16(26-4)17-8-19(12(2)9-27-17)29-13(3)6-20(21(23)22(29)30)31-11-18-15(25)7-14(24)10-28-18;3*1-2/h6-10H,5,11H2,1-4H3;2*1-2H3;1-2H2. The molecule has 202 valence electrons. The van der Waals surface area contributed by atoms with Crippen molar-refractivity contribution in [2.45, 2.75) is 61.5 Å². The van der Waals surface area contributed by atoms with E-state index in [1.807, 2.05) is 41.5 Å². The van der Waals surface area contributed by atoms with Crippen LogP contribution in [-0.4, -0.2) is 27.3 Å². The molecule has 9 heteroatoms. The zero-order chi connectivity index (χ0) is 28.7. The predicted octanol–water partition coefficient (Wildman–Crippen LogP) is 7.44. The zero-order valence-electron chi connectivity index (χ0n) is 23.0. The van der Waals surface area contributed by atoms with Gasteiger partial charge in [0.25, 0.3) is 5.56 Å². The molecule has 0 aliphatic heterocycles. The summed E-state index contributed by atoms with van der Waals surface area (Å²) in [6, 6.07) is 4.09. The number of nitrogens with zero attached hydrogens (tertiary/aromatic N) is 4. The molecule has 0 fully saturated rings. The number of pyridine rings is 3. The normalized spacial score (nSPS) is 10.2. The summed E-state index contributed by atoms with van der Waals surface area (Å²) in [4.78, 5) is 25.4. The van der Waals surface area contributed by atoms with Crippen molar-refractivity contribution < 1.29 is 13.5 Å². The Hall–Kier alpha value is -3.39. The minimum atomic E-state index is -0.842. The largest absolute Gasteiger partial charge is 0.485 e. The first-order valence-corrected chi connectivity index (χ1v) is 12.4. The summed E-state index contributed by atoms with van der Waals surface area (Å²) in [7, 11) is 1.69. The molecule has 0 saturated carbocycles. The molecule has 6 nitrogen and oxygen atoms in total. The van der Waals surface area contributed by atoms with Gasteiger partial charge in [-0.15, -0.1) is 13.2 Å². The summed E-state index contributed by atoms with van der Waals surface area (Å²) in [6.07, 6.45) is 3.26. The second kappa shape index (κ2) is 17.1. The molecule has 0 radical (unpaired) electrons. The molecule has 0 aromatic carbocycles. The first-order chi connectivity index (χ1) is 17.8. The lowest BCUT2D eigenvalue weighted by atomic mass is 10.1. The summed E-state index contributed by atoms with van der Waals surface area (Å²) < 4.78 is 33.8. The lowest BCUT2D eigenvalue weighted by molar-refractivity contribution is 0.292. The topological polar surface area (TPSA) is 69.4 Å². The van der Waals surface area contributed by atoms with Gasteiger partial charge >= 0.3 is 0 Å². The van der Waals surface area contributed by atoms with Crippen LogP contribution >= 0.6 is 11.6 Å². The number of aliphatic imine (C=N–C) groups is 1. The first-order valence-electron chi connectivity index (χ1n) is 12.0. The number of ether oxygens (including phenoxy) is 1. The Kier molecular flexibility index (Phi) is 15.6. The third kappa shape index (κ3) is 8.60. The molecule has 0 amide bonds. The average molecular weight is 535 g/mol. The lowest BCUT2D eigenvalue weighted by Gasteiger charge is -2.17. The molecule has 0 bridgehead atoms. The zero-order valence-corrected chi connectivity index (χ0v) is 23.7. The van der Waals surface area contributed by atoms with Crippen LogP contribution in [0.15, 0.2) is 53.5 Å². The first kappa shape index (κ1) is 33.6. The fourth-order valence-electron chi connectivity index (χ4n) is 3.15. The second-order valence-corrected chi connectivity index (χ2v) is 7.23. The maximum Gasteiger partial charge on any atom is 0.277 e. The summed E-state index contributed by atoms with van der Waals surface area (Å²) in [5.41, 5.74) is 2.86. The van der Waals surface area contributed by atoms with Crippen LogP contribution in [0.1, 0.15) is 63.7 Å². The molecular weight excluding hydrogens is 498 g/mol. The molecular formula is C28H37ClF2N4O2. The van der Waals surface area contributed by atoms with Crippen molar-refractivity contribution in [3.8, 4) is 11.4 Å². The summed E-state index contributed by atoms with van der Waals surface area (Å²) >= 11 is 6.29. The van der Waals surface area contributed by atoms with E-state index in [0.717, 1.165) is 17.5 Å². The number of halogens is 3. The van der Waals surface area contributed by atoms with Crippen molar-refractivity contribution in [3.05, 3.63) is 93.4 Å². The van der Waals surface area contributed by atoms with Gasteiger partial charge in [0, 0.05) is 31.1 Å². The van der Waals surface area contributed by atoms with Crippen molar-refractivity contribution in [2.75, 3.05) is 7.05 Å². The molecule has 3 rings (SSSR count). The Morgan fingerprint density at radius 3 is 2.24 bits per heavy atom. The Labute approximate surface area is 223 Å². The van der Waals surface area contributed by atoms with E-state index in [1.54, 1.807) is 32.3 Å². The molecule has 0 spiro atoms. The van der Waals surface area contributed by atoms with Gasteiger partial charge in [-0.1, -0.05) is 46.2 Å². The van der Waals surface area contributed by atoms with Crippen LogP contribution in [0.3, 0.4) is 0 Å². The molecule has 0 aliphatic rings. The Bertz CT molecular complexity index is 1240. The molecule has 0 atom stereocenters. The number of rotatable bonds is 6. The SMILES string of the molecule is C=C.CC.CC.CCC(=NC)c1cc(-n2c(C)cc(OCc3ncc(F)cc3F)c(Cl)c2=O)c(C)cn1. The lowest BCUT2D eigenvalue weighted by Crippen LogP contribution is -2.23. The molecule has 3 heterocycles. The van der Waals surface area contributed by atoms with Crippen LogP contribution in [0.25, 0.3) is 5.69 Å². The van der Waals surface area contributed by atoms with Gasteiger partial charge in [-0.05, 0) is 31.9 Å². The van der Waals surface area contributed by atoms with Gasteiger partial charge in [0.2, 0.25) is 0 Å². The minimum absolute atomic E-state index is 0.0854. The van der Waals surface area contributed by atoms with Gasteiger partial charge in [-0.2, -0.15) is 0 Å². The molecule has 37 heavy (non-hydrogen) atoms. The van der Waals surface area contributed by atoms with Gasteiger partial charge in [-0.3, -0.25) is 24.3 Å². The van der Waals surface area contributed by atoms with Crippen LogP contribution < -0.4 is 10.3 Å². The van der Waals surface area contributed by atoms with Crippen molar-refractivity contribution in [2.24, 2.45) is 4.99 Å². The van der Waals surface area contributed by atoms with Gasteiger partial charge in [0.15, 0.2) is 5.82 Å². The third-order valence-electron chi connectivity index (χ3n) is 4.76. The van der Waals surface area contributed by atoms with Gasteiger partial charge in [-0.25, -0.2) is 8.78 Å². The highest BCUT2D eigenvalue weighted by Gasteiger charge is 2.17. The Morgan fingerprint density at radius 2 is 1.70 bits per heavy atom. The van der Waals surface area contributed by atoms with Crippen LogP contribution in [0.5, 0.6) is 5.75 Å². The molecule has 0 saturated heterocycles. The number of hydrogen-bond acceptors (Lipinski definition) is 5. The number of aryl methyl sites for hydroxylation is 2. The summed E-state index contributed by atoms with van der Waals surface area (Å²) in [5.74, 6) is -1.54. The Balaban J connectivity index is 0.00000201. The Morgan fingerprint density at radius 1 is 1.08 bits per heavy atom. The summed E-state index contributed by atoms with van der Waals surface area (Å²) in [6.45, 7) is 19.2.